The summed E-state index contributed by atoms with van der Waals surface area (Å²) in [6.45, 7) is 0. The van der Waals surface area contributed by atoms with E-state index >= 15 is 0 Å². The molecule has 0 aliphatic rings. The van der Waals surface area contributed by atoms with Crippen molar-refractivity contribution in [2.75, 3.05) is 18.6 Å². The number of para-hydroxylation sites is 1. The van der Waals surface area contributed by atoms with E-state index in [9.17, 15) is 22.0 Å². The lowest BCUT2D eigenvalue weighted by atomic mass is 10.1. The lowest BCUT2D eigenvalue weighted by Crippen LogP contribution is -2.38. The molecule has 1 atom stereocenters. The number of rotatable bonds is 5. The van der Waals surface area contributed by atoms with Gasteiger partial charge in [-0.05, 0) is 17.7 Å². The van der Waals surface area contributed by atoms with Gasteiger partial charge in [-0.25, -0.2) is 17.2 Å². The highest BCUT2D eigenvalue weighted by atomic mass is 32.2. The van der Waals surface area contributed by atoms with Crippen molar-refractivity contribution < 1.29 is 22.0 Å². The molecule has 24 heavy (non-hydrogen) atoms. The van der Waals surface area contributed by atoms with E-state index in [1.165, 1.54) is 7.05 Å². The molecule has 5 nitrogen and oxygen atoms in total. The van der Waals surface area contributed by atoms with Gasteiger partial charge in [0.2, 0.25) is 15.9 Å². The summed E-state index contributed by atoms with van der Waals surface area (Å²) in [5.41, 5.74) is -0.245. The molecule has 2 rings (SSSR count). The van der Waals surface area contributed by atoms with E-state index in [1.807, 2.05) is 0 Å². The van der Waals surface area contributed by atoms with Crippen LogP contribution < -0.4 is 5.32 Å². The van der Waals surface area contributed by atoms with E-state index < -0.39 is 39.3 Å². The number of nitrogens with one attached hydrogen (secondary N) is 1. The van der Waals surface area contributed by atoms with Gasteiger partial charge in [0, 0.05) is 7.05 Å². The quantitative estimate of drug-likeness (QED) is 0.897. The third kappa shape index (κ3) is 3.95. The van der Waals surface area contributed by atoms with Gasteiger partial charge in [0.1, 0.15) is 23.4 Å². The molecule has 8 heteroatoms. The Labute approximate surface area is 139 Å². The van der Waals surface area contributed by atoms with Crippen molar-refractivity contribution in [3.8, 4) is 0 Å². The summed E-state index contributed by atoms with van der Waals surface area (Å²) < 4.78 is 52.0. The molecular formula is C16H16F2N2O3S. The van der Waals surface area contributed by atoms with Gasteiger partial charge in [-0.3, -0.25) is 4.79 Å². The van der Waals surface area contributed by atoms with Crippen molar-refractivity contribution in [1.82, 2.24) is 4.31 Å². The summed E-state index contributed by atoms with van der Waals surface area (Å²) in [6, 6.07) is 9.98. The first-order valence-corrected chi connectivity index (χ1v) is 8.79. The molecule has 0 unspecified atom stereocenters. The second-order valence-corrected chi connectivity index (χ2v) is 7.22. The summed E-state index contributed by atoms with van der Waals surface area (Å²) in [6.07, 6.45) is 0.944. The van der Waals surface area contributed by atoms with Crippen molar-refractivity contribution in [1.29, 1.82) is 0 Å². The Balaban J connectivity index is 2.42. The molecule has 128 valence electrons. The Morgan fingerprint density at radius 1 is 1.04 bits per heavy atom. The Hall–Kier alpha value is -2.32. The minimum absolute atomic E-state index is 0.375. The fraction of sp³-hybridized carbons (Fsp3) is 0.188. The van der Waals surface area contributed by atoms with Crippen LogP contribution in [0.3, 0.4) is 0 Å². The SMILES string of the molecule is CN([C@H](C(=O)Nc1c(F)cccc1F)c1ccccc1)S(C)(=O)=O. The summed E-state index contributed by atoms with van der Waals surface area (Å²) in [4.78, 5) is 12.6. The van der Waals surface area contributed by atoms with Crippen molar-refractivity contribution in [2.24, 2.45) is 0 Å². The summed E-state index contributed by atoms with van der Waals surface area (Å²) >= 11 is 0. The van der Waals surface area contributed by atoms with Crippen LogP contribution in [0.2, 0.25) is 0 Å². The molecule has 0 heterocycles. The van der Waals surface area contributed by atoms with Gasteiger partial charge in [-0.15, -0.1) is 0 Å². The maximum absolute atomic E-state index is 13.7. The van der Waals surface area contributed by atoms with Crippen LogP contribution in [0.15, 0.2) is 48.5 Å². The minimum atomic E-state index is -3.72. The van der Waals surface area contributed by atoms with E-state index in [2.05, 4.69) is 5.32 Å². The molecule has 0 saturated heterocycles. The summed E-state index contributed by atoms with van der Waals surface area (Å²) in [7, 11) is -2.50. The normalized spacial score (nSPS) is 12.9. The van der Waals surface area contributed by atoms with Gasteiger partial charge in [0.05, 0.1) is 6.26 Å². The van der Waals surface area contributed by atoms with E-state index in [4.69, 9.17) is 0 Å². The van der Waals surface area contributed by atoms with Crippen molar-refractivity contribution in [2.45, 2.75) is 6.04 Å². The number of sulfonamides is 1. The maximum Gasteiger partial charge on any atom is 0.247 e. The topological polar surface area (TPSA) is 66.5 Å². The number of carbonyl (C=O) groups excluding carboxylic acids is 1. The van der Waals surface area contributed by atoms with E-state index in [0.717, 1.165) is 28.8 Å². The second kappa shape index (κ2) is 7.06. The zero-order valence-corrected chi connectivity index (χ0v) is 13.8. The predicted octanol–water partition coefficient (Wildman–Crippen LogP) is 2.54. The number of carbonyl (C=O) groups is 1. The number of nitrogens with zero attached hydrogens (tertiary/aromatic N) is 1. The third-order valence-corrected chi connectivity index (χ3v) is 4.72. The van der Waals surface area contributed by atoms with Crippen molar-refractivity contribution in [3.05, 3.63) is 65.7 Å². The van der Waals surface area contributed by atoms with E-state index in [1.54, 1.807) is 30.3 Å². The van der Waals surface area contributed by atoms with Gasteiger partial charge in [-0.1, -0.05) is 36.4 Å². The van der Waals surface area contributed by atoms with Crippen LogP contribution in [0.25, 0.3) is 0 Å². The maximum atomic E-state index is 13.7. The number of benzene rings is 2. The molecule has 0 aliphatic carbocycles. The van der Waals surface area contributed by atoms with Crippen LogP contribution in [0.5, 0.6) is 0 Å². The number of anilines is 1. The first kappa shape index (κ1) is 18.0. The molecule has 0 aromatic heterocycles. The number of halogens is 2. The molecule has 1 amide bonds. The van der Waals surface area contributed by atoms with Gasteiger partial charge in [-0.2, -0.15) is 4.31 Å². The second-order valence-electron chi connectivity index (χ2n) is 5.18. The average molecular weight is 354 g/mol. The summed E-state index contributed by atoms with van der Waals surface area (Å²) in [5, 5.41) is 2.14. The molecule has 0 radical (unpaired) electrons. The molecular weight excluding hydrogens is 338 g/mol. The average Bonchev–Trinajstić information content (AvgIpc) is 2.51. The Morgan fingerprint density at radius 2 is 1.58 bits per heavy atom. The standard InChI is InChI=1S/C16H16F2N2O3S/c1-20(24(2,22)23)15(11-7-4-3-5-8-11)16(21)19-14-12(17)9-6-10-13(14)18/h3-10,15H,1-2H3,(H,19,21)/t15-/m0/s1. The van der Waals surface area contributed by atoms with Crippen LogP contribution in [0, 0.1) is 11.6 Å². The Kier molecular flexibility index (Phi) is 5.30. The molecule has 1 N–H and O–H groups in total. The lowest BCUT2D eigenvalue weighted by molar-refractivity contribution is -0.119. The highest BCUT2D eigenvalue weighted by Gasteiger charge is 2.31. The molecule has 2 aromatic carbocycles. The van der Waals surface area contributed by atoms with Gasteiger partial charge < -0.3 is 5.32 Å². The molecule has 0 fully saturated rings. The molecule has 0 aliphatic heterocycles. The van der Waals surface area contributed by atoms with Crippen molar-refractivity contribution >= 4 is 21.6 Å². The van der Waals surface area contributed by atoms with E-state index in [-0.39, 0.29) is 0 Å². The Morgan fingerprint density at radius 3 is 2.08 bits per heavy atom. The molecule has 0 spiro atoms. The van der Waals surface area contributed by atoms with Gasteiger partial charge in [0.25, 0.3) is 0 Å². The van der Waals surface area contributed by atoms with Crippen molar-refractivity contribution in [3.63, 3.8) is 0 Å². The molecule has 2 aromatic rings. The van der Waals surface area contributed by atoms with Gasteiger partial charge in [0.15, 0.2) is 0 Å². The number of hydrogen-bond donors (Lipinski definition) is 1. The van der Waals surface area contributed by atoms with Crippen LogP contribution in [0.1, 0.15) is 11.6 Å². The monoisotopic (exact) mass is 354 g/mol. The highest BCUT2D eigenvalue weighted by molar-refractivity contribution is 7.88. The van der Waals surface area contributed by atoms with E-state index in [0.29, 0.717) is 5.56 Å². The van der Waals surface area contributed by atoms with Crippen LogP contribution >= 0.6 is 0 Å². The lowest BCUT2D eigenvalue weighted by Gasteiger charge is -2.25. The smallest absolute Gasteiger partial charge is 0.247 e. The minimum Gasteiger partial charge on any atom is -0.319 e. The summed E-state index contributed by atoms with van der Waals surface area (Å²) in [5.74, 6) is -2.76. The first-order valence-electron chi connectivity index (χ1n) is 6.94. The van der Waals surface area contributed by atoms with Crippen LogP contribution in [-0.4, -0.2) is 31.9 Å². The predicted molar refractivity (Wildman–Crippen MR) is 86.8 cm³/mol. The number of hydrogen-bond acceptors (Lipinski definition) is 3. The fourth-order valence-corrected chi connectivity index (χ4v) is 2.76. The molecule has 0 saturated carbocycles. The van der Waals surface area contributed by atoms with Gasteiger partial charge >= 0.3 is 0 Å². The van der Waals surface area contributed by atoms with Crippen LogP contribution in [0.4, 0.5) is 14.5 Å². The largest absolute Gasteiger partial charge is 0.319 e. The molecule has 0 bridgehead atoms. The third-order valence-electron chi connectivity index (χ3n) is 3.46. The van der Waals surface area contributed by atoms with Crippen LogP contribution in [-0.2, 0) is 14.8 Å². The zero-order valence-electron chi connectivity index (χ0n) is 13.0. The fourth-order valence-electron chi connectivity index (χ4n) is 2.16. The zero-order chi connectivity index (χ0) is 17.9. The highest BCUT2D eigenvalue weighted by Crippen LogP contribution is 2.25. The first-order chi connectivity index (χ1) is 11.2. The Bertz CT molecular complexity index is 821. The number of likely N-dealkylation sites (N-methyl/N-ethyl adjacent to an activating group) is 1. The number of amides is 1.